The van der Waals surface area contributed by atoms with Crippen LogP contribution >= 0.6 is 0 Å². The number of hydrogen-bond donors (Lipinski definition) is 1. The summed E-state index contributed by atoms with van der Waals surface area (Å²) in [4.78, 5) is 34.4. The second kappa shape index (κ2) is 10.2. The predicted molar refractivity (Wildman–Crippen MR) is 122 cm³/mol. The van der Waals surface area contributed by atoms with Gasteiger partial charge in [-0.2, -0.15) is 0 Å². The number of nitrogens with one attached hydrogen (secondary N) is 1. The topological polar surface area (TPSA) is 65.5 Å². The fourth-order valence-corrected chi connectivity index (χ4v) is 4.70. The van der Waals surface area contributed by atoms with Crippen LogP contribution in [0.3, 0.4) is 0 Å². The second-order valence-electron chi connectivity index (χ2n) is 8.74. The summed E-state index contributed by atoms with van der Waals surface area (Å²) in [6, 6.07) is 9.66. The molecule has 1 N–H and O–H groups in total. The third-order valence-corrected chi connectivity index (χ3v) is 6.64. The summed E-state index contributed by atoms with van der Waals surface area (Å²) in [6.45, 7) is 6.64. The zero-order chi connectivity index (χ0) is 22.5. The van der Waals surface area contributed by atoms with E-state index in [1.165, 1.54) is 18.3 Å². The molecule has 1 aromatic heterocycles. The van der Waals surface area contributed by atoms with Gasteiger partial charge in [0, 0.05) is 49.9 Å². The first kappa shape index (κ1) is 22.4. The monoisotopic (exact) mass is 438 g/mol. The molecule has 2 unspecified atom stereocenters. The Morgan fingerprint density at radius 3 is 2.62 bits per heavy atom. The van der Waals surface area contributed by atoms with Crippen molar-refractivity contribution in [1.29, 1.82) is 0 Å². The lowest BCUT2D eigenvalue weighted by molar-refractivity contribution is -0.138. The molecule has 170 valence electrons. The Kier molecular flexibility index (Phi) is 7.15. The minimum absolute atomic E-state index is 0.00923. The van der Waals surface area contributed by atoms with Crippen molar-refractivity contribution in [1.82, 2.24) is 20.1 Å². The van der Waals surface area contributed by atoms with Crippen molar-refractivity contribution >= 4 is 11.8 Å². The lowest BCUT2D eigenvalue weighted by Crippen LogP contribution is -2.51. The quantitative estimate of drug-likeness (QED) is 0.778. The van der Waals surface area contributed by atoms with Gasteiger partial charge in [-0.1, -0.05) is 25.5 Å². The molecule has 1 saturated heterocycles. The average molecular weight is 439 g/mol. The van der Waals surface area contributed by atoms with Gasteiger partial charge in [-0.05, 0) is 50.1 Å². The van der Waals surface area contributed by atoms with Crippen LogP contribution in [0.5, 0.6) is 0 Å². The van der Waals surface area contributed by atoms with Crippen molar-refractivity contribution in [2.24, 2.45) is 5.92 Å². The first-order chi connectivity index (χ1) is 15.5. The zero-order valence-electron chi connectivity index (χ0n) is 18.6. The standard InChI is InChI=1S/C25H31FN4O2/c1-2-29-11-13-30(14-12-29)25(32)19-6-4-8-22(16-19)28-24(31)20-9-10-23(27-17-20)18-5-3-7-21(26)15-18/h3,5,7,9-10,15,17,19,22H,2,4,6,8,11-14,16H2,1H3,(H,28,31). The fraction of sp³-hybridized carbons (Fsp3) is 0.480. The van der Waals surface area contributed by atoms with Crippen LogP contribution in [0.4, 0.5) is 4.39 Å². The number of carbonyl (C=O) groups is 2. The van der Waals surface area contributed by atoms with E-state index in [4.69, 9.17) is 0 Å². The van der Waals surface area contributed by atoms with Crippen LogP contribution in [0.1, 0.15) is 43.0 Å². The maximum absolute atomic E-state index is 13.4. The van der Waals surface area contributed by atoms with Gasteiger partial charge in [-0.15, -0.1) is 0 Å². The van der Waals surface area contributed by atoms with E-state index in [1.54, 1.807) is 24.3 Å². The molecule has 1 aromatic carbocycles. The number of amides is 2. The highest BCUT2D eigenvalue weighted by atomic mass is 19.1. The summed E-state index contributed by atoms with van der Waals surface area (Å²) >= 11 is 0. The van der Waals surface area contributed by atoms with E-state index in [2.05, 4.69) is 22.1 Å². The summed E-state index contributed by atoms with van der Waals surface area (Å²) in [6.07, 6.45) is 4.92. The van der Waals surface area contributed by atoms with E-state index in [-0.39, 0.29) is 29.6 Å². The molecular formula is C25H31FN4O2. The SMILES string of the molecule is CCN1CCN(C(=O)C2CCCC(NC(=O)c3ccc(-c4cccc(F)c4)nc3)C2)CC1. The van der Waals surface area contributed by atoms with Gasteiger partial charge in [0.25, 0.3) is 5.91 Å². The van der Waals surface area contributed by atoms with Gasteiger partial charge < -0.3 is 15.1 Å². The van der Waals surface area contributed by atoms with E-state index >= 15 is 0 Å². The van der Waals surface area contributed by atoms with Crippen molar-refractivity contribution in [3.63, 3.8) is 0 Å². The van der Waals surface area contributed by atoms with Crippen molar-refractivity contribution in [2.75, 3.05) is 32.7 Å². The van der Waals surface area contributed by atoms with Crippen LogP contribution in [0.15, 0.2) is 42.6 Å². The molecule has 0 spiro atoms. The smallest absolute Gasteiger partial charge is 0.253 e. The fourth-order valence-electron chi connectivity index (χ4n) is 4.70. The van der Waals surface area contributed by atoms with E-state index in [9.17, 15) is 14.0 Å². The van der Waals surface area contributed by atoms with E-state index in [0.717, 1.165) is 52.0 Å². The summed E-state index contributed by atoms with van der Waals surface area (Å²) in [5, 5.41) is 3.09. The number of carbonyl (C=O) groups excluding carboxylic acids is 2. The Morgan fingerprint density at radius 1 is 1.12 bits per heavy atom. The minimum atomic E-state index is -0.320. The number of hydrogen-bond acceptors (Lipinski definition) is 4. The number of nitrogens with zero attached hydrogens (tertiary/aromatic N) is 3. The molecule has 2 fully saturated rings. The van der Waals surface area contributed by atoms with Crippen LogP contribution in [0.25, 0.3) is 11.3 Å². The van der Waals surface area contributed by atoms with Gasteiger partial charge in [-0.3, -0.25) is 14.6 Å². The molecule has 2 heterocycles. The van der Waals surface area contributed by atoms with Gasteiger partial charge in [0.1, 0.15) is 5.82 Å². The van der Waals surface area contributed by atoms with Crippen LogP contribution < -0.4 is 5.32 Å². The number of aromatic nitrogens is 1. The van der Waals surface area contributed by atoms with Crippen molar-refractivity contribution in [2.45, 2.75) is 38.6 Å². The molecule has 0 radical (unpaired) electrons. The third-order valence-electron chi connectivity index (χ3n) is 6.64. The molecule has 32 heavy (non-hydrogen) atoms. The molecule has 4 rings (SSSR count). The molecule has 1 aliphatic heterocycles. The van der Waals surface area contributed by atoms with Gasteiger partial charge in [0.05, 0.1) is 11.3 Å². The first-order valence-electron chi connectivity index (χ1n) is 11.6. The highest BCUT2D eigenvalue weighted by molar-refractivity contribution is 5.94. The summed E-state index contributed by atoms with van der Waals surface area (Å²) in [5.41, 5.74) is 1.76. The van der Waals surface area contributed by atoms with Crippen molar-refractivity contribution in [3.8, 4) is 11.3 Å². The second-order valence-corrected chi connectivity index (χ2v) is 8.74. The summed E-state index contributed by atoms with van der Waals surface area (Å²) < 4.78 is 13.4. The van der Waals surface area contributed by atoms with Gasteiger partial charge in [0.15, 0.2) is 0 Å². The maximum atomic E-state index is 13.4. The Morgan fingerprint density at radius 2 is 1.94 bits per heavy atom. The minimum Gasteiger partial charge on any atom is -0.349 e. The number of likely N-dealkylation sites (N-methyl/N-ethyl adjacent to an activating group) is 1. The van der Waals surface area contributed by atoms with E-state index in [1.807, 2.05) is 4.90 Å². The normalized spacial score (nSPS) is 21.9. The maximum Gasteiger partial charge on any atom is 0.253 e. The summed E-state index contributed by atoms with van der Waals surface area (Å²) in [5.74, 6) is -0.283. The molecule has 2 amide bonds. The van der Waals surface area contributed by atoms with Crippen LogP contribution in [0.2, 0.25) is 0 Å². The molecule has 6 nitrogen and oxygen atoms in total. The van der Waals surface area contributed by atoms with E-state index in [0.29, 0.717) is 23.2 Å². The van der Waals surface area contributed by atoms with Crippen LogP contribution in [-0.2, 0) is 4.79 Å². The molecule has 7 heteroatoms. The molecule has 0 bridgehead atoms. The zero-order valence-corrected chi connectivity index (χ0v) is 18.6. The van der Waals surface area contributed by atoms with Crippen LogP contribution in [-0.4, -0.2) is 65.4 Å². The molecule has 2 aliphatic rings. The van der Waals surface area contributed by atoms with Gasteiger partial charge in [0.2, 0.25) is 5.91 Å². The number of rotatable bonds is 5. The molecule has 2 aromatic rings. The Bertz CT molecular complexity index is 941. The molecule has 1 saturated carbocycles. The summed E-state index contributed by atoms with van der Waals surface area (Å²) in [7, 11) is 0. The number of pyridine rings is 1. The largest absolute Gasteiger partial charge is 0.349 e. The highest BCUT2D eigenvalue weighted by Crippen LogP contribution is 2.27. The van der Waals surface area contributed by atoms with Gasteiger partial charge in [-0.25, -0.2) is 4.39 Å². The number of benzene rings is 1. The van der Waals surface area contributed by atoms with E-state index < -0.39 is 0 Å². The van der Waals surface area contributed by atoms with Crippen molar-refractivity contribution < 1.29 is 14.0 Å². The molecular weight excluding hydrogens is 407 g/mol. The number of piperazine rings is 1. The third kappa shape index (κ3) is 5.33. The lowest BCUT2D eigenvalue weighted by atomic mass is 9.84. The molecule has 2 atom stereocenters. The average Bonchev–Trinajstić information content (AvgIpc) is 2.84. The van der Waals surface area contributed by atoms with Crippen molar-refractivity contribution in [3.05, 3.63) is 54.0 Å². The lowest BCUT2D eigenvalue weighted by Gasteiger charge is -2.38. The van der Waals surface area contributed by atoms with Gasteiger partial charge >= 0.3 is 0 Å². The Hall–Kier alpha value is -2.80. The number of halogens is 1. The van der Waals surface area contributed by atoms with Crippen LogP contribution in [0, 0.1) is 11.7 Å². The molecule has 1 aliphatic carbocycles. The predicted octanol–water partition coefficient (Wildman–Crippen LogP) is 3.34. The Balaban J connectivity index is 1.32. The highest BCUT2D eigenvalue weighted by Gasteiger charge is 2.32. The Labute approximate surface area is 188 Å². The first-order valence-corrected chi connectivity index (χ1v) is 11.6.